The molecule has 0 spiro atoms. The average molecular weight is 432 g/mol. The molecule has 3 rings (SSSR count). The van der Waals surface area contributed by atoms with Gasteiger partial charge in [0.15, 0.2) is 0 Å². The molecule has 27 heavy (non-hydrogen) atoms. The zero-order chi connectivity index (χ0) is 19.2. The minimum Gasteiger partial charge on any atom is -0.383 e. The van der Waals surface area contributed by atoms with Crippen molar-refractivity contribution in [2.75, 3.05) is 33.4 Å². The summed E-state index contributed by atoms with van der Waals surface area (Å²) in [6.45, 7) is 5.59. The molecular formula is C21H26BrN3O2. The zero-order valence-corrected chi connectivity index (χ0v) is 17.5. The minimum atomic E-state index is -0.0314. The Morgan fingerprint density at radius 2 is 2.07 bits per heavy atom. The van der Waals surface area contributed by atoms with Gasteiger partial charge in [-0.15, -0.1) is 0 Å². The summed E-state index contributed by atoms with van der Waals surface area (Å²) in [5.74, 6) is -0.0314. The predicted molar refractivity (Wildman–Crippen MR) is 111 cm³/mol. The summed E-state index contributed by atoms with van der Waals surface area (Å²) >= 11 is 3.49. The summed E-state index contributed by atoms with van der Waals surface area (Å²) in [4.78, 5) is 19.7. The zero-order valence-electron chi connectivity index (χ0n) is 15.9. The van der Waals surface area contributed by atoms with Crippen LogP contribution in [0.3, 0.4) is 0 Å². The Morgan fingerprint density at radius 3 is 2.74 bits per heavy atom. The molecule has 0 unspecified atom stereocenters. The second-order valence-corrected chi connectivity index (χ2v) is 7.84. The molecule has 1 fully saturated rings. The van der Waals surface area contributed by atoms with Crippen LogP contribution in [0, 0.1) is 6.92 Å². The largest absolute Gasteiger partial charge is 0.383 e. The Bertz CT molecular complexity index is 789. The SMILES string of the molecule is COCCN1CCC(NC(=O)c2ccc(-c3cccc(Br)c3)nc2C)CC1. The molecule has 1 amide bonds. The van der Waals surface area contributed by atoms with Crippen LogP contribution in [-0.2, 0) is 4.74 Å². The molecule has 1 aromatic heterocycles. The highest BCUT2D eigenvalue weighted by atomic mass is 79.9. The summed E-state index contributed by atoms with van der Waals surface area (Å²) in [6, 6.07) is 12.0. The molecule has 1 aliphatic rings. The van der Waals surface area contributed by atoms with Gasteiger partial charge in [-0.05, 0) is 44.0 Å². The number of rotatable bonds is 6. The topological polar surface area (TPSA) is 54.5 Å². The number of likely N-dealkylation sites (tertiary alicyclic amines) is 1. The second-order valence-electron chi connectivity index (χ2n) is 6.92. The van der Waals surface area contributed by atoms with E-state index in [-0.39, 0.29) is 11.9 Å². The molecule has 2 aromatic rings. The van der Waals surface area contributed by atoms with Crippen LogP contribution < -0.4 is 5.32 Å². The van der Waals surface area contributed by atoms with Gasteiger partial charge >= 0.3 is 0 Å². The minimum absolute atomic E-state index is 0.0314. The van der Waals surface area contributed by atoms with E-state index in [1.54, 1.807) is 7.11 Å². The van der Waals surface area contributed by atoms with Crippen LogP contribution in [0.4, 0.5) is 0 Å². The van der Waals surface area contributed by atoms with E-state index < -0.39 is 0 Å². The van der Waals surface area contributed by atoms with Crippen LogP contribution in [0.2, 0.25) is 0 Å². The van der Waals surface area contributed by atoms with Gasteiger partial charge in [-0.25, -0.2) is 0 Å². The van der Waals surface area contributed by atoms with Crippen molar-refractivity contribution >= 4 is 21.8 Å². The number of hydrogen-bond donors (Lipinski definition) is 1. The summed E-state index contributed by atoms with van der Waals surface area (Å²) in [5.41, 5.74) is 3.30. The summed E-state index contributed by atoms with van der Waals surface area (Å²) < 4.78 is 6.15. The molecule has 0 aliphatic carbocycles. The van der Waals surface area contributed by atoms with E-state index in [9.17, 15) is 4.79 Å². The highest BCUT2D eigenvalue weighted by Crippen LogP contribution is 2.22. The Morgan fingerprint density at radius 1 is 1.30 bits per heavy atom. The van der Waals surface area contributed by atoms with Gasteiger partial charge in [0, 0.05) is 42.8 Å². The Kier molecular flexibility index (Phi) is 6.99. The lowest BCUT2D eigenvalue weighted by atomic mass is 10.0. The Labute approximate surface area is 169 Å². The average Bonchev–Trinajstić information content (AvgIpc) is 2.67. The highest BCUT2D eigenvalue weighted by molar-refractivity contribution is 9.10. The summed E-state index contributed by atoms with van der Waals surface area (Å²) in [5, 5.41) is 3.18. The van der Waals surface area contributed by atoms with Gasteiger partial charge in [0.25, 0.3) is 5.91 Å². The Hall–Kier alpha value is -1.76. The van der Waals surface area contributed by atoms with Crippen molar-refractivity contribution in [3.8, 4) is 11.3 Å². The van der Waals surface area contributed by atoms with Crippen LogP contribution in [0.15, 0.2) is 40.9 Å². The van der Waals surface area contributed by atoms with Gasteiger partial charge in [0.1, 0.15) is 0 Å². The van der Waals surface area contributed by atoms with Crippen molar-refractivity contribution in [1.29, 1.82) is 0 Å². The Balaban J connectivity index is 1.61. The predicted octanol–water partition coefficient (Wildman–Crippen LogP) is 3.66. The third kappa shape index (κ3) is 5.37. The van der Waals surface area contributed by atoms with Crippen molar-refractivity contribution in [1.82, 2.24) is 15.2 Å². The highest BCUT2D eigenvalue weighted by Gasteiger charge is 2.21. The smallest absolute Gasteiger partial charge is 0.253 e. The fourth-order valence-electron chi connectivity index (χ4n) is 3.39. The van der Waals surface area contributed by atoms with Crippen LogP contribution >= 0.6 is 15.9 Å². The van der Waals surface area contributed by atoms with Crippen LogP contribution in [0.25, 0.3) is 11.3 Å². The molecule has 6 heteroatoms. The molecule has 5 nitrogen and oxygen atoms in total. The standard InChI is InChI=1S/C21H26BrN3O2/c1-15-19(6-7-20(23-15)16-4-3-5-17(22)14-16)21(26)24-18-8-10-25(11-9-18)12-13-27-2/h3-7,14,18H,8-13H2,1-2H3,(H,24,26). The lowest BCUT2D eigenvalue weighted by molar-refractivity contribution is 0.0892. The van der Waals surface area contributed by atoms with Crippen molar-refractivity contribution in [3.05, 3.63) is 52.1 Å². The van der Waals surface area contributed by atoms with E-state index in [4.69, 9.17) is 4.74 Å². The lowest BCUT2D eigenvalue weighted by Gasteiger charge is -2.32. The number of carbonyl (C=O) groups is 1. The van der Waals surface area contributed by atoms with Gasteiger partial charge in [0.05, 0.1) is 23.6 Å². The molecule has 0 saturated carbocycles. The fraction of sp³-hybridized carbons (Fsp3) is 0.429. The number of hydrogen-bond acceptors (Lipinski definition) is 4. The molecule has 0 bridgehead atoms. The first-order valence-corrected chi connectivity index (χ1v) is 10.1. The fourth-order valence-corrected chi connectivity index (χ4v) is 3.79. The third-order valence-electron chi connectivity index (χ3n) is 4.99. The number of nitrogens with zero attached hydrogens (tertiary/aromatic N) is 2. The number of piperidine rings is 1. The normalized spacial score (nSPS) is 15.7. The molecule has 2 heterocycles. The summed E-state index contributed by atoms with van der Waals surface area (Å²) in [6.07, 6.45) is 1.94. The first-order valence-electron chi connectivity index (χ1n) is 9.32. The molecule has 0 radical (unpaired) electrons. The maximum atomic E-state index is 12.7. The van der Waals surface area contributed by atoms with Crippen molar-refractivity contribution in [2.24, 2.45) is 0 Å². The van der Waals surface area contributed by atoms with Crippen molar-refractivity contribution in [2.45, 2.75) is 25.8 Å². The third-order valence-corrected chi connectivity index (χ3v) is 5.48. The number of aryl methyl sites for hydroxylation is 1. The van der Waals surface area contributed by atoms with Gasteiger partial charge < -0.3 is 15.0 Å². The maximum Gasteiger partial charge on any atom is 0.253 e. The number of benzene rings is 1. The van der Waals surface area contributed by atoms with E-state index in [1.165, 1.54) is 0 Å². The molecule has 1 aromatic carbocycles. The summed E-state index contributed by atoms with van der Waals surface area (Å²) in [7, 11) is 1.73. The number of amides is 1. The van der Waals surface area contributed by atoms with E-state index in [0.29, 0.717) is 5.56 Å². The van der Waals surface area contributed by atoms with Gasteiger partial charge in [-0.2, -0.15) is 0 Å². The van der Waals surface area contributed by atoms with Crippen LogP contribution in [0.5, 0.6) is 0 Å². The molecule has 1 saturated heterocycles. The van der Waals surface area contributed by atoms with E-state index >= 15 is 0 Å². The van der Waals surface area contributed by atoms with Gasteiger partial charge in [-0.3, -0.25) is 9.78 Å². The molecule has 1 N–H and O–H groups in total. The van der Waals surface area contributed by atoms with Crippen molar-refractivity contribution < 1.29 is 9.53 Å². The molecule has 0 atom stereocenters. The van der Waals surface area contributed by atoms with Gasteiger partial charge in [0.2, 0.25) is 0 Å². The van der Waals surface area contributed by atoms with Crippen LogP contribution in [-0.4, -0.2) is 55.2 Å². The molecule has 144 valence electrons. The lowest BCUT2D eigenvalue weighted by Crippen LogP contribution is -2.45. The number of nitrogens with one attached hydrogen (secondary N) is 1. The maximum absolute atomic E-state index is 12.7. The van der Waals surface area contributed by atoms with Crippen LogP contribution in [0.1, 0.15) is 28.9 Å². The number of carbonyl (C=O) groups excluding carboxylic acids is 1. The van der Waals surface area contributed by atoms with E-state index in [2.05, 4.69) is 31.1 Å². The molecular weight excluding hydrogens is 406 g/mol. The number of ether oxygens (including phenoxy) is 1. The van der Waals surface area contributed by atoms with E-state index in [1.807, 2.05) is 43.3 Å². The van der Waals surface area contributed by atoms with E-state index in [0.717, 1.165) is 60.5 Å². The first kappa shape index (κ1) is 20.0. The second kappa shape index (κ2) is 9.44. The molecule has 1 aliphatic heterocycles. The number of halogens is 1. The van der Waals surface area contributed by atoms with Gasteiger partial charge in [-0.1, -0.05) is 28.1 Å². The quantitative estimate of drug-likeness (QED) is 0.757. The monoisotopic (exact) mass is 431 g/mol. The first-order chi connectivity index (χ1) is 13.1. The number of pyridine rings is 1. The number of aromatic nitrogens is 1. The number of methoxy groups -OCH3 is 1. The van der Waals surface area contributed by atoms with Crippen molar-refractivity contribution in [3.63, 3.8) is 0 Å².